The molecule has 0 radical (unpaired) electrons. The number of thioether (sulfide) groups is 1. The summed E-state index contributed by atoms with van der Waals surface area (Å²) in [4.78, 5) is 3.68. The fraction of sp³-hybridized carbons (Fsp3) is 0.538. The number of nitrogens with zero attached hydrogens (tertiary/aromatic N) is 1. The number of hydrogen-bond donors (Lipinski definition) is 1. The van der Waals surface area contributed by atoms with Gasteiger partial charge >= 0.3 is 0 Å². The molecule has 3 heteroatoms. The average Bonchev–Trinajstić information content (AvgIpc) is 2.34. The number of rotatable bonds is 7. The minimum absolute atomic E-state index is 0.784. The molecule has 16 heavy (non-hydrogen) atoms. The van der Waals surface area contributed by atoms with Crippen LogP contribution in [0.5, 0.6) is 0 Å². The van der Waals surface area contributed by atoms with Gasteiger partial charge in [0.1, 0.15) is 0 Å². The van der Waals surface area contributed by atoms with Gasteiger partial charge in [0.15, 0.2) is 0 Å². The second kappa shape index (κ2) is 7.71. The van der Waals surface area contributed by atoms with Crippen LogP contribution in [0.4, 0.5) is 0 Å². The Bertz CT molecular complexity index is 284. The van der Waals surface area contributed by atoms with Gasteiger partial charge < -0.3 is 10.6 Å². The highest BCUT2D eigenvalue weighted by molar-refractivity contribution is 7.98. The van der Waals surface area contributed by atoms with E-state index in [2.05, 4.69) is 42.5 Å². The highest BCUT2D eigenvalue weighted by Crippen LogP contribution is 2.15. The largest absolute Gasteiger partial charge is 0.330 e. The van der Waals surface area contributed by atoms with E-state index in [1.165, 1.54) is 10.5 Å². The summed E-state index contributed by atoms with van der Waals surface area (Å²) in [6.45, 7) is 2.99. The van der Waals surface area contributed by atoms with E-state index in [9.17, 15) is 0 Å². The molecule has 0 aliphatic rings. The molecular weight excluding hydrogens is 216 g/mol. The lowest BCUT2D eigenvalue weighted by Gasteiger charge is -2.15. The smallest absolute Gasteiger partial charge is 0.00693 e. The Balaban J connectivity index is 2.30. The molecule has 1 rings (SSSR count). The summed E-state index contributed by atoms with van der Waals surface area (Å²) in [5.41, 5.74) is 6.90. The van der Waals surface area contributed by atoms with E-state index in [4.69, 9.17) is 5.73 Å². The summed E-state index contributed by atoms with van der Waals surface area (Å²) < 4.78 is 0. The van der Waals surface area contributed by atoms with Crippen molar-refractivity contribution in [2.45, 2.75) is 17.7 Å². The topological polar surface area (TPSA) is 29.3 Å². The first kappa shape index (κ1) is 13.6. The molecular formula is C13H22N2S. The minimum atomic E-state index is 0.784. The summed E-state index contributed by atoms with van der Waals surface area (Å²) >= 11 is 1.79. The summed E-state index contributed by atoms with van der Waals surface area (Å²) in [7, 11) is 2.16. The van der Waals surface area contributed by atoms with Gasteiger partial charge in [-0.1, -0.05) is 12.1 Å². The van der Waals surface area contributed by atoms with Crippen LogP contribution in [-0.4, -0.2) is 37.8 Å². The van der Waals surface area contributed by atoms with E-state index in [0.717, 1.165) is 32.5 Å². The van der Waals surface area contributed by atoms with Gasteiger partial charge in [0.25, 0.3) is 0 Å². The lowest BCUT2D eigenvalue weighted by molar-refractivity contribution is 0.335. The maximum atomic E-state index is 5.49. The number of benzene rings is 1. The zero-order chi connectivity index (χ0) is 11.8. The predicted molar refractivity (Wildman–Crippen MR) is 73.1 cm³/mol. The van der Waals surface area contributed by atoms with Crippen LogP contribution >= 0.6 is 11.8 Å². The molecule has 0 atom stereocenters. The van der Waals surface area contributed by atoms with Crippen molar-refractivity contribution in [1.29, 1.82) is 0 Å². The van der Waals surface area contributed by atoms with Crippen LogP contribution in [-0.2, 0) is 6.42 Å². The molecule has 0 aliphatic heterocycles. The van der Waals surface area contributed by atoms with Crippen molar-refractivity contribution in [1.82, 2.24) is 4.90 Å². The standard InChI is InChI=1S/C13H22N2S/c1-15(10-3-9-14)11-8-12-4-6-13(16-2)7-5-12/h4-7H,3,8-11,14H2,1-2H3. The average molecular weight is 238 g/mol. The van der Waals surface area contributed by atoms with Gasteiger partial charge in [-0.15, -0.1) is 11.8 Å². The Kier molecular flexibility index (Phi) is 6.53. The van der Waals surface area contributed by atoms with Crippen LogP contribution in [0.2, 0.25) is 0 Å². The molecule has 0 unspecified atom stereocenters. The van der Waals surface area contributed by atoms with Crippen molar-refractivity contribution in [2.24, 2.45) is 5.73 Å². The normalized spacial score (nSPS) is 11.0. The molecule has 0 heterocycles. The van der Waals surface area contributed by atoms with Gasteiger partial charge in [0.05, 0.1) is 0 Å². The molecule has 0 spiro atoms. The van der Waals surface area contributed by atoms with Crippen molar-refractivity contribution in [3.05, 3.63) is 29.8 Å². The third-order valence-electron chi connectivity index (χ3n) is 2.69. The van der Waals surface area contributed by atoms with Gasteiger partial charge in [-0.3, -0.25) is 0 Å². The van der Waals surface area contributed by atoms with Crippen molar-refractivity contribution < 1.29 is 0 Å². The second-order valence-corrected chi connectivity index (χ2v) is 4.92. The summed E-state index contributed by atoms with van der Waals surface area (Å²) in [5, 5.41) is 0. The molecule has 0 bridgehead atoms. The van der Waals surface area contributed by atoms with Crippen molar-refractivity contribution in [3.8, 4) is 0 Å². The third kappa shape index (κ3) is 5.01. The lowest BCUT2D eigenvalue weighted by Crippen LogP contribution is -2.24. The van der Waals surface area contributed by atoms with E-state index < -0.39 is 0 Å². The summed E-state index contributed by atoms with van der Waals surface area (Å²) in [6.07, 6.45) is 4.31. The first-order chi connectivity index (χ1) is 7.76. The second-order valence-electron chi connectivity index (χ2n) is 4.04. The van der Waals surface area contributed by atoms with Crippen LogP contribution in [0.15, 0.2) is 29.2 Å². The molecule has 2 N–H and O–H groups in total. The number of nitrogens with two attached hydrogens (primary N) is 1. The van der Waals surface area contributed by atoms with E-state index in [1.54, 1.807) is 11.8 Å². The van der Waals surface area contributed by atoms with Crippen LogP contribution in [0, 0.1) is 0 Å². The zero-order valence-corrected chi connectivity index (χ0v) is 11.1. The fourth-order valence-electron chi connectivity index (χ4n) is 1.59. The molecule has 0 amide bonds. The van der Waals surface area contributed by atoms with Crippen molar-refractivity contribution in [2.75, 3.05) is 32.9 Å². The molecule has 1 aromatic rings. The molecule has 1 aromatic carbocycles. The van der Waals surface area contributed by atoms with E-state index in [-0.39, 0.29) is 0 Å². The molecule has 0 fully saturated rings. The maximum Gasteiger partial charge on any atom is 0.00693 e. The third-order valence-corrected chi connectivity index (χ3v) is 3.43. The molecule has 0 aromatic heterocycles. The van der Waals surface area contributed by atoms with Crippen LogP contribution in [0.25, 0.3) is 0 Å². The Morgan fingerprint density at radius 2 is 1.88 bits per heavy atom. The first-order valence-electron chi connectivity index (χ1n) is 5.78. The highest BCUT2D eigenvalue weighted by Gasteiger charge is 1.99. The van der Waals surface area contributed by atoms with Crippen molar-refractivity contribution >= 4 is 11.8 Å². The monoisotopic (exact) mass is 238 g/mol. The lowest BCUT2D eigenvalue weighted by atomic mass is 10.1. The van der Waals surface area contributed by atoms with Crippen molar-refractivity contribution in [3.63, 3.8) is 0 Å². The van der Waals surface area contributed by atoms with Gasteiger partial charge in [-0.05, 0) is 56.9 Å². The number of likely N-dealkylation sites (N-methyl/N-ethyl adjacent to an activating group) is 1. The Hall–Kier alpha value is -0.510. The molecule has 0 saturated carbocycles. The van der Waals surface area contributed by atoms with Gasteiger partial charge in [-0.2, -0.15) is 0 Å². The summed E-state index contributed by atoms with van der Waals surface area (Å²) in [5.74, 6) is 0. The van der Waals surface area contributed by atoms with E-state index in [1.807, 2.05) is 0 Å². The number of hydrogen-bond acceptors (Lipinski definition) is 3. The molecule has 0 saturated heterocycles. The Morgan fingerprint density at radius 3 is 2.44 bits per heavy atom. The Labute approximate surface area is 103 Å². The maximum absolute atomic E-state index is 5.49. The van der Waals surface area contributed by atoms with Crippen LogP contribution in [0.3, 0.4) is 0 Å². The van der Waals surface area contributed by atoms with Crippen LogP contribution in [0.1, 0.15) is 12.0 Å². The summed E-state index contributed by atoms with van der Waals surface area (Å²) in [6, 6.07) is 8.84. The van der Waals surface area contributed by atoms with E-state index >= 15 is 0 Å². The van der Waals surface area contributed by atoms with Gasteiger partial charge in [-0.25, -0.2) is 0 Å². The molecule has 0 aliphatic carbocycles. The fourth-order valence-corrected chi connectivity index (χ4v) is 1.99. The van der Waals surface area contributed by atoms with Crippen LogP contribution < -0.4 is 5.73 Å². The van der Waals surface area contributed by atoms with Gasteiger partial charge in [0, 0.05) is 11.4 Å². The Morgan fingerprint density at radius 1 is 1.19 bits per heavy atom. The predicted octanol–water partition coefficient (Wildman–Crippen LogP) is 2.23. The molecule has 2 nitrogen and oxygen atoms in total. The zero-order valence-electron chi connectivity index (χ0n) is 10.3. The minimum Gasteiger partial charge on any atom is -0.330 e. The first-order valence-corrected chi connectivity index (χ1v) is 7.00. The van der Waals surface area contributed by atoms with E-state index in [0.29, 0.717) is 0 Å². The quantitative estimate of drug-likeness (QED) is 0.739. The SMILES string of the molecule is CSc1ccc(CCN(C)CCCN)cc1. The molecule has 90 valence electrons. The highest BCUT2D eigenvalue weighted by atomic mass is 32.2. The van der Waals surface area contributed by atoms with Gasteiger partial charge in [0.2, 0.25) is 0 Å².